The van der Waals surface area contributed by atoms with E-state index >= 15 is 0 Å². The second-order valence-corrected chi connectivity index (χ2v) is 9.08. The van der Waals surface area contributed by atoms with Crippen LogP contribution in [0.3, 0.4) is 0 Å². The van der Waals surface area contributed by atoms with Crippen LogP contribution in [0.2, 0.25) is 0 Å². The molecule has 1 saturated carbocycles. The Hall–Kier alpha value is -2.64. The van der Waals surface area contributed by atoms with Crippen LogP contribution >= 0.6 is 0 Å². The Kier molecular flexibility index (Phi) is 6.96. The number of nitrogens with one attached hydrogen (secondary N) is 1. The number of hydrogen-bond acceptors (Lipinski definition) is 5. The van der Waals surface area contributed by atoms with Gasteiger partial charge in [-0.2, -0.15) is 0 Å². The van der Waals surface area contributed by atoms with E-state index < -0.39 is 0 Å². The maximum Gasteiger partial charge on any atom is 0.255 e. The van der Waals surface area contributed by atoms with Gasteiger partial charge < -0.3 is 15.0 Å². The third-order valence-electron chi connectivity index (χ3n) is 7.06. The molecule has 2 heterocycles. The molecule has 1 aromatic heterocycles. The van der Waals surface area contributed by atoms with Crippen molar-refractivity contribution in [2.75, 3.05) is 46.9 Å². The van der Waals surface area contributed by atoms with Crippen molar-refractivity contribution in [1.29, 1.82) is 0 Å². The number of rotatable bonds is 6. The number of pyridine rings is 1. The quantitative estimate of drug-likeness (QED) is 0.751. The van der Waals surface area contributed by atoms with Crippen LogP contribution in [0.1, 0.15) is 42.5 Å². The van der Waals surface area contributed by atoms with Gasteiger partial charge in [-0.05, 0) is 50.2 Å². The molecule has 1 aliphatic heterocycles. The van der Waals surface area contributed by atoms with Gasteiger partial charge in [-0.15, -0.1) is 0 Å². The van der Waals surface area contributed by atoms with Crippen molar-refractivity contribution < 1.29 is 9.53 Å². The first-order valence-electron chi connectivity index (χ1n) is 11.6. The minimum Gasteiger partial charge on any atom is -0.497 e. The summed E-state index contributed by atoms with van der Waals surface area (Å²) in [6, 6.07) is 10.3. The van der Waals surface area contributed by atoms with Gasteiger partial charge in [0.2, 0.25) is 0 Å². The summed E-state index contributed by atoms with van der Waals surface area (Å²) in [6.07, 6.45) is 7.58. The number of likely N-dealkylation sites (N-methyl/N-ethyl adjacent to an activating group) is 1. The Labute approximate surface area is 190 Å². The van der Waals surface area contributed by atoms with Gasteiger partial charge in [-0.25, -0.2) is 0 Å². The van der Waals surface area contributed by atoms with Crippen LogP contribution in [-0.4, -0.2) is 72.7 Å². The fourth-order valence-electron chi connectivity index (χ4n) is 5.01. The smallest absolute Gasteiger partial charge is 0.255 e. The molecule has 2 aliphatic rings. The predicted octanol–water partition coefficient (Wildman–Crippen LogP) is 2.53. The first-order chi connectivity index (χ1) is 15.5. The zero-order chi connectivity index (χ0) is 22.6. The molecule has 0 spiro atoms. The summed E-state index contributed by atoms with van der Waals surface area (Å²) >= 11 is 0. The van der Waals surface area contributed by atoms with Gasteiger partial charge in [-0.3, -0.25) is 19.1 Å². The highest BCUT2D eigenvalue weighted by atomic mass is 16.5. The number of amides is 1. The van der Waals surface area contributed by atoms with Crippen LogP contribution in [0, 0.1) is 0 Å². The van der Waals surface area contributed by atoms with Gasteiger partial charge in [0, 0.05) is 56.2 Å². The number of nitrogens with zero attached hydrogens (tertiary/aromatic N) is 3. The summed E-state index contributed by atoms with van der Waals surface area (Å²) in [5, 5.41) is 3.20. The second-order valence-electron chi connectivity index (χ2n) is 9.08. The molecule has 7 nitrogen and oxygen atoms in total. The lowest BCUT2D eigenvalue weighted by Gasteiger charge is -2.49. The van der Waals surface area contributed by atoms with Crippen molar-refractivity contribution in [2.24, 2.45) is 0 Å². The highest BCUT2D eigenvalue weighted by Gasteiger charge is 2.39. The molecule has 0 atom stereocenters. The molecule has 7 heteroatoms. The molecule has 1 saturated heterocycles. The fraction of sp³-hybridized carbons (Fsp3) is 0.520. The first-order valence-corrected chi connectivity index (χ1v) is 11.6. The molecule has 1 amide bonds. The standard InChI is InChI=1S/C25H34N4O3/c1-27-14-16-28(17-15-27)25(12-4-3-5-13-25)19-26-24(31)20-6-11-23(30)29(18-20)21-7-9-22(32-2)10-8-21/h6-11,18H,3-5,12-17,19H2,1-2H3,(H,26,31). The van der Waals surface area contributed by atoms with Crippen LogP contribution < -0.4 is 15.6 Å². The Bertz CT molecular complexity index is 971. The number of hydrogen-bond donors (Lipinski definition) is 1. The molecule has 4 rings (SSSR count). The Morgan fingerprint density at radius 2 is 1.69 bits per heavy atom. The molecule has 172 valence electrons. The topological polar surface area (TPSA) is 66.8 Å². The highest BCUT2D eigenvalue weighted by molar-refractivity contribution is 5.94. The van der Waals surface area contributed by atoms with E-state index in [2.05, 4.69) is 22.2 Å². The maximum absolute atomic E-state index is 13.1. The molecule has 2 fully saturated rings. The van der Waals surface area contributed by atoms with Gasteiger partial charge in [0.1, 0.15) is 5.75 Å². The van der Waals surface area contributed by atoms with E-state index in [1.54, 1.807) is 31.5 Å². The fourth-order valence-corrected chi connectivity index (χ4v) is 5.01. The van der Waals surface area contributed by atoms with Crippen molar-refractivity contribution in [3.8, 4) is 11.4 Å². The van der Waals surface area contributed by atoms with E-state index in [4.69, 9.17) is 4.74 Å². The average molecular weight is 439 g/mol. The monoisotopic (exact) mass is 438 g/mol. The summed E-state index contributed by atoms with van der Waals surface area (Å²) in [5.41, 5.74) is 1.06. The van der Waals surface area contributed by atoms with Gasteiger partial charge in [0.15, 0.2) is 0 Å². The number of piperazine rings is 1. The number of ether oxygens (including phenoxy) is 1. The van der Waals surface area contributed by atoms with Crippen LogP contribution in [-0.2, 0) is 0 Å². The largest absolute Gasteiger partial charge is 0.497 e. The molecule has 1 N–H and O–H groups in total. The van der Waals surface area contributed by atoms with Gasteiger partial charge in [-0.1, -0.05) is 19.3 Å². The van der Waals surface area contributed by atoms with E-state index in [-0.39, 0.29) is 17.0 Å². The number of aromatic nitrogens is 1. The average Bonchev–Trinajstić information content (AvgIpc) is 2.84. The molecule has 32 heavy (non-hydrogen) atoms. The molecule has 1 aromatic carbocycles. The summed E-state index contributed by atoms with van der Waals surface area (Å²) in [4.78, 5) is 30.5. The summed E-state index contributed by atoms with van der Waals surface area (Å²) in [7, 11) is 3.78. The van der Waals surface area contributed by atoms with Gasteiger partial charge >= 0.3 is 0 Å². The zero-order valence-electron chi connectivity index (χ0n) is 19.2. The number of methoxy groups -OCH3 is 1. The third-order valence-corrected chi connectivity index (χ3v) is 7.06. The third kappa shape index (κ3) is 4.89. The summed E-state index contributed by atoms with van der Waals surface area (Å²) in [5.74, 6) is 0.587. The Balaban J connectivity index is 1.49. The lowest BCUT2D eigenvalue weighted by atomic mass is 9.79. The van der Waals surface area contributed by atoms with E-state index in [1.165, 1.54) is 29.9 Å². The van der Waals surface area contributed by atoms with E-state index in [0.29, 0.717) is 17.8 Å². The van der Waals surface area contributed by atoms with Crippen molar-refractivity contribution in [3.63, 3.8) is 0 Å². The Morgan fingerprint density at radius 1 is 1.00 bits per heavy atom. The lowest BCUT2D eigenvalue weighted by Crippen LogP contribution is -2.61. The summed E-state index contributed by atoms with van der Waals surface area (Å²) < 4.78 is 6.70. The molecule has 2 aromatic rings. The number of carbonyl (C=O) groups excluding carboxylic acids is 1. The minimum atomic E-state index is -0.173. The normalized spacial score (nSPS) is 19.4. The molecule has 1 aliphatic carbocycles. The molecular formula is C25H34N4O3. The SMILES string of the molecule is COc1ccc(-n2cc(C(=O)NCC3(N4CCN(C)CC4)CCCCC3)ccc2=O)cc1. The van der Waals surface area contributed by atoms with Crippen molar-refractivity contribution in [1.82, 2.24) is 19.7 Å². The van der Waals surface area contributed by atoms with Crippen LogP contribution in [0.5, 0.6) is 5.75 Å². The lowest BCUT2D eigenvalue weighted by molar-refractivity contribution is 0.0138. The Morgan fingerprint density at radius 3 is 2.34 bits per heavy atom. The van der Waals surface area contributed by atoms with E-state index in [9.17, 15) is 9.59 Å². The van der Waals surface area contributed by atoms with Gasteiger partial charge in [0.05, 0.1) is 12.7 Å². The number of benzene rings is 1. The van der Waals surface area contributed by atoms with Crippen LogP contribution in [0.15, 0.2) is 47.4 Å². The molecule has 0 unspecified atom stereocenters. The van der Waals surface area contributed by atoms with Crippen LogP contribution in [0.4, 0.5) is 0 Å². The van der Waals surface area contributed by atoms with E-state index in [0.717, 1.165) is 44.8 Å². The maximum atomic E-state index is 13.1. The van der Waals surface area contributed by atoms with Crippen molar-refractivity contribution in [3.05, 3.63) is 58.5 Å². The van der Waals surface area contributed by atoms with Gasteiger partial charge in [0.25, 0.3) is 11.5 Å². The minimum absolute atomic E-state index is 0.0413. The van der Waals surface area contributed by atoms with Crippen molar-refractivity contribution >= 4 is 5.91 Å². The van der Waals surface area contributed by atoms with Crippen molar-refractivity contribution in [2.45, 2.75) is 37.6 Å². The number of carbonyl (C=O) groups is 1. The van der Waals surface area contributed by atoms with Crippen LogP contribution in [0.25, 0.3) is 5.69 Å². The molecular weight excluding hydrogens is 404 g/mol. The highest BCUT2D eigenvalue weighted by Crippen LogP contribution is 2.34. The first kappa shape index (κ1) is 22.6. The second kappa shape index (κ2) is 9.88. The molecule has 0 radical (unpaired) electrons. The molecule has 0 bridgehead atoms. The summed E-state index contributed by atoms with van der Waals surface area (Å²) in [6.45, 7) is 4.89. The van der Waals surface area contributed by atoms with E-state index in [1.807, 2.05) is 12.1 Å². The zero-order valence-corrected chi connectivity index (χ0v) is 19.2. The predicted molar refractivity (Wildman–Crippen MR) is 126 cm³/mol.